The van der Waals surface area contributed by atoms with E-state index in [1.54, 1.807) is 12.1 Å². The van der Waals surface area contributed by atoms with Gasteiger partial charge in [0.05, 0.1) is 23.6 Å². The van der Waals surface area contributed by atoms with E-state index >= 15 is 0 Å². The third-order valence-electron chi connectivity index (χ3n) is 6.22. The van der Waals surface area contributed by atoms with Crippen LogP contribution in [0.25, 0.3) is 5.57 Å². The maximum Gasteiger partial charge on any atom is 0.416 e. The predicted octanol–water partition coefficient (Wildman–Crippen LogP) is 6.61. The lowest BCUT2D eigenvalue weighted by atomic mass is 9.91. The largest absolute Gasteiger partial charge is 0.416 e. The fraction of sp³-hybridized carbons (Fsp3) is 0.400. The van der Waals surface area contributed by atoms with E-state index in [9.17, 15) is 35.5 Å². The highest BCUT2D eigenvalue weighted by Crippen LogP contribution is 2.38. The van der Waals surface area contributed by atoms with Crippen molar-refractivity contribution in [3.63, 3.8) is 0 Å². The van der Waals surface area contributed by atoms with E-state index in [1.807, 2.05) is 0 Å². The SMILES string of the molecule is C[C@H](c1cc(C(F)(F)F)cc(C(F)(F)F)c1)N(C)C(=O)CC(=C1CCNCC1)c1ccc(F)cc1. The topological polar surface area (TPSA) is 32.3 Å². The molecule has 1 heterocycles. The molecular weight excluding hydrogens is 477 g/mol. The molecule has 3 rings (SSSR count). The summed E-state index contributed by atoms with van der Waals surface area (Å²) in [6.45, 7) is 2.78. The summed E-state index contributed by atoms with van der Waals surface area (Å²) in [7, 11) is 1.34. The predicted molar refractivity (Wildman–Crippen MR) is 118 cm³/mol. The van der Waals surface area contributed by atoms with Gasteiger partial charge in [-0.2, -0.15) is 26.3 Å². The number of carbonyl (C=O) groups excluding carboxylic acids is 1. The molecule has 190 valence electrons. The second kappa shape index (κ2) is 10.4. The minimum atomic E-state index is -4.98. The fourth-order valence-corrected chi connectivity index (χ4v) is 4.05. The van der Waals surface area contributed by atoms with Gasteiger partial charge in [-0.3, -0.25) is 4.79 Å². The maximum atomic E-state index is 13.4. The summed E-state index contributed by atoms with van der Waals surface area (Å²) in [6.07, 6.45) is -8.74. The van der Waals surface area contributed by atoms with Crippen molar-refractivity contribution in [2.24, 2.45) is 0 Å². The Bertz CT molecular complexity index is 1050. The summed E-state index contributed by atoms with van der Waals surface area (Å²) in [5.74, 6) is -0.917. The first-order valence-electron chi connectivity index (χ1n) is 11.0. The molecule has 1 fully saturated rings. The molecule has 0 saturated carbocycles. The summed E-state index contributed by atoms with van der Waals surface area (Å²) in [5, 5.41) is 3.21. The number of carbonyl (C=O) groups is 1. The van der Waals surface area contributed by atoms with Crippen molar-refractivity contribution in [2.75, 3.05) is 20.1 Å². The van der Waals surface area contributed by atoms with Crippen molar-refractivity contribution in [1.29, 1.82) is 0 Å². The van der Waals surface area contributed by atoms with Crippen molar-refractivity contribution >= 4 is 11.5 Å². The van der Waals surface area contributed by atoms with Crippen LogP contribution in [0.4, 0.5) is 30.7 Å². The molecule has 1 saturated heterocycles. The Morgan fingerprint density at radius 1 is 0.943 bits per heavy atom. The highest BCUT2D eigenvalue weighted by molar-refractivity contribution is 5.90. The molecule has 1 aliphatic rings. The lowest BCUT2D eigenvalue weighted by molar-refractivity contribution is -0.143. The Hall–Kier alpha value is -2.88. The van der Waals surface area contributed by atoms with E-state index in [-0.39, 0.29) is 18.1 Å². The Labute approximate surface area is 198 Å². The van der Waals surface area contributed by atoms with Gasteiger partial charge in [0.25, 0.3) is 0 Å². The van der Waals surface area contributed by atoms with Gasteiger partial charge >= 0.3 is 12.4 Å². The third kappa shape index (κ3) is 6.62. The molecule has 0 aliphatic carbocycles. The van der Waals surface area contributed by atoms with Gasteiger partial charge in [0.2, 0.25) is 5.91 Å². The van der Waals surface area contributed by atoms with Crippen LogP contribution in [0.2, 0.25) is 0 Å². The van der Waals surface area contributed by atoms with E-state index in [4.69, 9.17) is 0 Å². The molecule has 2 aromatic carbocycles. The first-order valence-corrected chi connectivity index (χ1v) is 11.0. The number of piperidine rings is 1. The second-order valence-corrected chi connectivity index (χ2v) is 8.54. The van der Waals surface area contributed by atoms with Crippen LogP contribution < -0.4 is 5.32 Å². The van der Waals surface area contributed by atoms with Crippen molar-refractivity contribution in [3.8, 4) is 0 Å². The number of amides is 1. The van der Waals surface area contributed by atoms with Crippen molar-refractivity contribution in [2.45, 2.75) is 44.6 Å². The summed E-state index contributed by atoms with van der Waals surface area (Å²) in [5.41, 5.74) is -0.798. The second-order valence-electron chi connectivity index (χ2n) is 8.54. The molecule has 1 amide bonds. The summed E-state index contributed by atoms with van der Waals surface area (Å²) in [6, 6.07) is 5.93. The molecule has 10 heteroatoms. The Kier molecular flexibility index (Phi) is 7.93. The molecule has 1 N–H and O–H groups in total. The molecule has 0 radical (unpaired) electrons. The molecule has 0 unspecified atom stereocenters. The lowest BCUT2D eigenvalue weighted by Gasteiger charge is -2.28. The third-order valence-corrected chi connectivity index (χ3v) is 6.22. The maximum absolute atomic E-state index is 13.4. The van der Waals surface area contributed by atoms with Gasteiger partial charge in [-0.05, 0) is 79.9 Å². The van der Waals surface area contributed by atoms with Crippen molar-refractivity contribution in [1.82, 2.24) is 10.2 Å². The molecule has 0 bridgehead atoms. The molecular formula is C25H25F7N2O. The van der Waals surface area contributed by atoms with Gasteiger partial charge in [0.15, 0.2) is 0 Å². The molecule has 1 aliphatic heterocycles. The fourth-order valence-electron chi connectivity index (χ4n) is 4.05. The number of hydrogen-bond acceptors (Lipinski definition) is 2. The Balaban J connectivity index is 1.92. The number of hydrogen-bond donors (Lipinski definition) is 1. The van der Waals surface area contributed by atoms with E-state index in [0.717, 1.165) is 10.5 Å². The average molecular weight is 502 g/mol. The zero-order valence-electron chi connectivity index (χ0n) is 19.2. The molecule has 0 spiro atoms. The number of rotatable bonds is 5. The van der Waals surface area contributed by atoms with Crippen LogP contribution in [0.5, 0.6) is 0 Å². The van der Waals surface area contributed by atoms with E-state index in [2.05, 4.69) is 5.32 Å². The van der Waals surface area contributed by atoms with Gasteiger partial charge < -0.3 is 10.2 Å². The van der Waals surface area contributed by atoms with Crippen LogP contribution in [-0.4, -0.2) is 30.9 Å². The minimum Gasteiger partial charge on any atom is -0.339 e. The molecule has 1 atom stereocenters. The van der Waals surface area contributed by atoms with Gasteiger partial charge in [0, 0.05) is 7.05 Å². The lowest BCUT2D eigenvalue weighted by Crippen LogP contribution is -2.31. The first kappa shape index (κ1) is 26.7. The first-order chi connectivity index (χ1) is 16.3. The van der Waals surface area contributed by atoms with E-state index in [0.29, 0.717) is 49.2 Å². The van der Waals surface area contributed by atoms with E-state index in [1.165, 1.54) is 26.1 Å². The van der Waals surface area contributed by atoms with Gasteiger partial charge in [-0.15, -0.1) is 0 Å². The van der Waals surface area contributed by atoms with Crippen molar-refractivity contribution in [3.05, 3.63) is 76.1 Å². The number of benzene rings is 2. The highest BCUT2D eigenvalue weighted by atomic mass is 19.4. The zero-order valence-corrected chi connectivity index (χ0v) is 19.2. The molecule has 3 nitrogen and oxygen atoms in total. The summed E-state index contributed by atoms with van der Waals surface area (Å²) in [4.78, 5) is 14.3. The summed E-state index contributed by atoms with van der Waals surface area (Å²) < 4.78 is 93.1. The molecule has 35 heavy (non-hydrogen) atoms. The average Bonchev–Trinajstić information content (AvgIpc) is 2.81. The molecule has 0 aromatic heterocycles. The number of alkyl halides is 6. The molecule has 2 aromatic rings. The van der Waals surface area contributed by atoms with Crippen LogP contribution >= 0.6 is 0 Å². The number of halogens is 7. The monoisotopic (exact) mass is 502 g/mol. The highest BCUT2D eigenvalue weighted by Gasteiger charge is 2.37. The summed E-state index contributed by atoms with van der Waals surface area (Å²) >= 11 is 0. The zero-order chi connectivity index (χ0) is 26.0. The van der Waals surface area contributed by atoms with Crippen molar-refractivity contribution < 1.29 is 35.5 Å². The van der Waals surface area contributed by atoms with Gasteiger partial charge in [0.1, 0.15) is 5.82 Å². The Morgan fingerprint density at radius 3 is 1.94 bits per heavy atom. The smallest absolute Gasteiger partial charge is 0.339 e. The normalized spacial score (nSPS) is 15.6. The van der Waals surface area contributed by atoms with E-state index < -0.39 is 41.2 Å². The quantitative estimate of drug-likeness (QED) is 0.467. The Morgan fingerprint density at radius 2 is 1.46 bits per heavy atom. The number of nitrogens with zero attached hydrogens (tertiary/aromatic N) is 1. The van der Waals surface area contributed by atoms with Gasteiger partial charge in [-0.1, -0.05) is 17.7 Å². The standard InChI is InChI=1S/C25H25F7N2O/c1-15(18-11-19(24(27,28)29)13-20(12-18)25(30,31)32)34(2)23(35)14-22(17-7-9-33-10-8-17)16-3-5-21(26)6-4-16/h3-6,11-13,15,33H,7-10,14H2,1-2H3/t15-/m1/s1. The van der Waals surface area contributed by atoms with Crippen LogP contribution in [0.1, 0.15) is 54.5 Å². The van der Waals surface area contributed by atoms with Crippen LogP contribution in [0, 0.1) is 5.82 Å². The van der Waals surface area contributed by atoms with Gasteiger partial charge in [-0.25, -0.2) is 4.39 Å². The van der Waals surface area contributed by atoms with Crippen LogP contribution in [0.3, 0.4) is 0 Å². The number of nitrogens with one attached hydrogen (secondary N) is 1. The minimum absolute atomic E-state index is 0.0617. The van der Waals surface area contributed by atoms with Crippen LogP contribution in [0.15, 0.2) is 48.0 Å². The van der Waals surface area contributed by atoms with Crippen LogP contribution in [-0.2, 0) is 17.1 Å².